The fraction of sp³-hybridized carbons (Fsp3) is 0.933. The molecule has 0 aliphatic carbocycles. The smallest absolute Gasteiger partial charge is 0.134 e. The van der Waals surface area contributed by atoms with Crippen LogP contribution in [-0.2, 0) is 4.79 Å². The molecule has 17 heavy (non-hydrogen) atoms. The minimum absolute atomic E-state index is 0.458. The van der Waals surface area contributed by atoms with Crippen molar-refractivity contribution < 1.29 is 4.79 Å². The summed E-state index contributed by atoms with van der Waals surface area (Å²) < 4.78 is 0. The van der Waals surface area contributed by atoms with Crippen LogP contribution < -0.4 is 0 Å². The molecule has 2 heteroatoms. The van der Waals surface area contributed by atoms with Crippen LogP contribution in [0.3, 0.4) is 0 Å². The summed E-state index contributed by atoms with van der Waals surface area (Å²) in [4.78, 5) is 14.2. The van der Waals surface area contributed by atoms with E-state index in [0.29, 0.717) is 11.7 Å². The highest BCUT2D eigenvalue weighted by atomic mass is 16.1. The van der Waals surface area contributed by atoms with Crippen LogP contribution in [-0.4, -0.2) is 30.3 Å². The van der Waals surface area contributed by atoms with E-state index in [1.165, 1.54) is 19.3 Å². The molecule has 0 N–H and O–H groups in total. The highest BCUT2D eigenvalue weighted by Crippen LogP contribution is 2.17. The van der Waals surface area contributed by atoms with Crippen LogP contribution >= 0.6 is 0 Å². The Labute approximate surface area is 108 Å². The number of carbonyl (C=O) groups is 1. The third-order valence-electron chi connectivity index (χ3n) is 3.66. The van der Waals surface area contributed by atoms with Gasteiger partial charge in [-0.05, 0) is 19.0 Å². The Balaban J connectivity index is 3.81. The van der Waals surface area contributed by atoms with E-state index in [4.69, 9.17) is 0 Å². The molecule has 0 amide bonds. The van der Waals surface area contributed by atoms with Crippen molar-refractivity contribution in [3.63, 3.8) is 0 Å². The van der Waals surface area contributed by atoms with Crippen LogP contribution in [0.1, 0.15) is 66.2 Å². The number of nitrogens with zero attached hydrogens (tertiary/aromatic N) is 1. The van der Waals surface area contributed by atoms with Crippen LogP contribution in [0.15, 0.2) is 0 Å². The monoisotopic (exact) mass is 241 g/mol. The zero-order valence-electron chi connectivity index (χ0n) is 12.3. The van der Waals surface area contributed by atoms with Gasteiger partial charge in [-0.25, -0.2) is 0 Å². The first-order chi connectivity index (χ1) is 8.17. The van der Waals surface area contributed by atoms with Crippen molar-refractivity contribution in [3.05, 3.63) is 0 Å². The molecule has 0 aromatic heterocycles. The highest BCUT2D eigenvalue weighted by molar-refractivity contribution is 5.78. The van der Waals surface area contributed by atoms with Gasteiger partial charge < -0.3 is 4.90 Å². The van der Waals surface area contributed by atoms with Gasteiger partial charge >= 0.3 is 0 Å². The summed E-state index contributed by atoms with van der Waals surface area (Å²) >= 11 is 0. The van der Waals surface area contributed by atoms with Gasteiger partial charge in [0, 0.05) is 19.4 Å². The number of carbonyl (C=O) groups excluding carboxylic acids is 1. The van der Waals surface area contributed by atoms with E-state index in [1.807, 2.05) is 0 Å². The first kappa shape index (κ1) is 16.6. The molecule has 1 unspecified atom stereocenters. The molecule has 0 fully saturated rings. The fourth-order valence-electron chi connectivity index (χ4n) is 2.19. The molecule has 0 aliphatic heterocycles. The van der Waals surface area contributed by atoms with Gasteiger partial charge in [-0.1, -0.05) is 53.4 Å². The van der Waals surface area contributed by atoms with Gasteiger partial charge in [0.1, 0.15) is 5.78 Å². The van der Waals surface area contributed by atoms with Crippen molar-refractivity contribution in [1.29, 1.82) is 0 Å². The Hall–Kier alpha value is -0.370. The Kier molecular flexibility index (Phi) is 10.5. The van der Waals surface area contributed by atoms with Gasteiger partial charge in [0.2, 0.25) is 0 Å². The Morgan fingerprint density at radius 3 is 2.24 bits per heavy atom. The number of ketones is 1. The average molecular weight is 241 g/mol. The standard InChI is InChI=1S/C15H31NO/c1-5-9-10-14(6-2)13-15(17)11-12-16(7-3)8-4/h14H,5-13H2,1-4H3. The molecule has 102 valence electrons. The predicted molar refractivity (Wildman–Crippen MR) is 75.3 cm³/mol. The van der Waals surface area contributed by atoms with Crippen LogP contribution in [0.4, 0.5) is 0 Å². The van der Waals surface area contributed by atoms with Crippen LogP contribution in [0.5, 0.6) is 0 Å². The molecule has 0 rings (SSSR count). The lowest BCUT2D eigenvalue weighted by atomic mass is 9.93. The lowest BCUT2D eigenvalue weighted by Crippen LogP contribution is -2.26. The van der Waals surface area contributed by atoms with Gasteiger partial charge in [-0.15, -0.1) is 0 Å². The van der Waals surface area contributed by atoms with Crippen molar-refractivity contribution in [2.45, 2.75) is 66.2 Å². The quantitative estimate of drug-likeness (QED) is 0.547. The van der Waals surface area contributed by atoms with E-state index in [2.05, 4.69) is 32.6 Å². The summed E-state index contributed by atoms with van der Waals surface area (Å²) in [5.41, 5.74) is 0. The van der Waals surface area contributed by atoms with Gasteiger partial charge in [0.05, 0.1) is 0 Å². The summed E-state index contributed by atoms with van der Waals surface area (Å²) in [5, 5.41) is 0. The normalized spacial score (nSPS) is 13.0. The SMILES string of the molecule is CCCCC(CC)CC(=O)CCN(CC)CC. The molecule has 0 bridgehead atoms. The third-order valence-corrected chi connectivity index (χ3v) is 3.66. The van der Waals surface area contributed by atoms with E-state index in [0.717, 1.165) is 38.9 Å². The summed E-state index contributed by atoms with van der Waals surface area (Å²) in [5.74, 6) is 1.08. The third kappa shape index (κ3) is 8.37. The summed E-state index contributed by atoms with van der Waals surface area (Å²) in [7, 11) is 0. The summed E-state index contributed by atoms with van der Waals surface area (Å²) in [6, 6.07) is 0. The molecule has 2 nitrogen and oxygen atoms in total. The Morgan fingerprint density at radius 1 is 1.12 bits per heavy atom. The van der Waals surface area contributed by atoms with Crippen LogP contribution in [0.25, 0.3) is 0 Å². The highest BCUT2D eigenvalue weighted by Gasteiger charge is 2.12. The number of hydrogen-bond acceptors (Lipinski definition) is 2. The van der Waals surface area contributed by atoms with Crippen molar-refractivity contribution in [1.82, 2.24) is 4.90 Å². The minimum Gasteiger partial charge on any atom is -0.303 e. The predicted octanol–water partition coefficient (Wildman–Crippen LogP) is 3.89. The van der Waals surface area contributed by atoms with Crippen molar-refractivity contribution in [2.24, 2.45) is 5.92 Å². The number of Topliss-reactive ketones (excluding diaryl/α,β-unsaturated/α-hetero) is 1. The van der Waals surface area contributed by atoms with E-state index < -0.39 is 0 Å². The maximum atomic E-state index is 11.9. The molecule has 0 aliphatic rings. The summed E-state index contributed by atoms with van der Waals surface area (Å²) in [6.07, 6.45) is 6.43. The van der Waals surface area contributed by atoms with Crippen molar-refractivity contribution >= 4 is 5.78 Å². The second-order valence-corrected chi connectivity index (χ2v) is 4.94. The van der Waals surface area contributed by atoms with Gasteiger partial charge in [0.15, 0.2) is 0 Å². The zero-order valence-corrected chi connectivity index (χ0v) is 12.3. The molecule has 0 spiro atoms. The van der Waals surface area contributed by atoms with E-state index >= 15 is 0 Å². The largest absolute Gasteiger partial charge is 0.303 e. The Bertz CT molecular complexity index is 187. The molecular formula is C15H31NO. The van der Waals surface area contributed by atoms with E-state index in [-0.39, 0.29) is 0 Å². The number of hydrogen-bond donors (Lipinski definition) is 0. The zero-order chi connectivity index (χ0) is 13.1. The van der Waals surface area contributed by atoms with Crippen molar-refractivity contribution in [2.75, 3.05) is 19.6 Å². The second-order valence-electron chi connectivity index (χ2n) is 4.94. The fourth-order valence-corrected chi connectivity index (χ4v) is 2.19. The van der Waals surface area contributed by atoms with Gasteiger partial charge in [-0.2, -0.15) is 0 Å². The topological polar surface area (TPSA) is 20.3 Å². The van der Waals surface area contributed by atoms with Gasteiger partial charge in [-0.3, -0.25) is 4.79 Å². The van der Waals surface area contributed by atoms with E-state index in [1.54, 1.807) is 0 Å². The molecule has 0 saturated carbocycles. The van der Waals surface area contributed by atoms with E-state index in [9.17, 15) is 4.79 Å². The minimum atomic E-state index is 0.458. The second kappa shape index (κ2) is 10.8. The summed E-state index contributed by atoms with van der Waals surface area (Å²) in [6.45, 7) is 11.8. The first-order valence-electron chi connectivity index (χ1n) is 7.41. The lowest BCUT2D eigenvalue weighted by molar-refractivity contribution is -0.120. The van der Waals surface area contributed by atoms with Crippen LogP contribution in [0, 0.1) is 5.92 Å². The lowest BCUT2D eigenvalue weighted by Gasteiger charge is -2.18. The molecule has 0 aromatic rings. The molecule has 1 atom stereocenters. The number of unbranched alkanes of at least 4 members (excludes halogenated alkanes) is 1. The molecule has 0 radical (unpaired) electrons. The molecule has 0 heterocycles. The number of rotatable bonds is 11. The Morgan fingerprint density at radius 2 is 1.76 bits per heavy atom. The maximum absolute atomic E-state index is 11.9. The molecule has 0 saturated heterocycles. The molecule has 0 aromatic carbocycles. The average Bonchev–Trinajstić information content (AvgIpc) is 2.35. The van der Waals surface area contributed by atoms with Crippen LogP contribution in [0.2, 0.25) is 0 Å². The molecular weight excluding hydrogens is 210 g/mol. The maximum Gasteiger partial charge on any atom is 0.134 e. The van der Waals surface area contributed by atoms with Crippen molar-refractivity contribution in [3.8, 4) is 0 Å². The first-order valence-corrected chi connectivity index (χ1v) is 7.41. The van der Waals surface area contributed by atoms with Gasteiger partial charge in [0.25, 0.3) is 0 Å².